The molecule has 0 radical (unpaired) electrons. The van der Waals surface area contributed by atoms with Crippen molar-refractivity contribution in [3.8, 4) is 5.75 Å². The molecule has 3 heterocycles. The Morgan fingerprint density at radius 2 is 1.76 bits per heavy atom. The van der Waals surface area contributed by atoms with Crippen molar-refractivity contribution >= 4 is 11.8 Å². The van der Waals surface area contributed by atoms with E-state index in [0.29, 0.717) is 18.4 Å². The molecule has 1 spiro atoms. The van der Waals surface area contributed by atoms with E-state index in [2.05, 4.69) is 11.0 Å². The Hall–Kier alpha value is -2.04. The van der Waals surface area contributed by atoms with Crippen molar-refractivity contribution in [2.24, 2.45) is 5.41 Å². The van der Waals surface area contributed by atoms with Crippen molar-refractivity contribution in [3.63, 3.8) is 0 Å². The Kier molecular flexibility index (Phi) is 5.00. The number of para-hydroxylation sites is 1. The molecule has 1 aliphatic carbocycles. The molecule has 5 nitrogen and oxygen atoms in total. The molecule has 5 rings (SSSR count). The van der Waals surface area contributed by atoms with Crippen molar-refractivity contribution in [2.45, 2.75) is 76.4 Å². The molecule has 4 aliphatic rings. The van der Waals surface area contributed by atoms with E-state index in [-0.39, 0.29) is 17.4 Å². The molecular formula is C24H32N2O3. The highest BCUT2D eigenvalue weighted by Crippen LogP contribution is 2.42. The molecule has 1 aromatic carbocycles. The van der Waals surface area contributed by atoms with Gasteiger partial charge in [0.15, 0.2) is 6.10 Å². The number of piperidine rings is 2. The first-order chi connectivity index (χ1) is 14.1. The number of benzene rings is 1. The van der Waals surface area contributed by atoms with Crippen LogP contribution in [0, 0.1) is 5.41 Å². The summed E-state index contributed by atoms with van der Waals surface area (Å²) in [5, 5.41) is 0. The van der Waals surface area contributed by atoms with E-state index in [1.807, 2.05) is 23.1 Å². The van der Waals surface area contributed by atoms with Crippen LogP contribution in [-0.4, -0.2) is 53.4 Å². The first-order valence-electron chi connectivity index (χ1n) is 11.5. The summed E-state index contributed by atoms with van der Waals surface area (Å²) in [5.74, 6) is 1.37. The van der Waals surface area contributed by atoms with Crippen molar-refractivity contribution in [1.29, 1.82) is 0 Å². The van der Waals surface area contributed by atoms with Crippen LogP contribution in [0.3, 0.4) is 0 Å². The maximum Gasteiger partial charge on any atom is 0.263 e. The number of nitrogens with zero attached hydrogens (tertiary/aromatic N) is 2. The van der Waals surface area contributed by atoms with Gasteiger partial charge < -0.3 is 14.5 Å². The number of fused-ring (bicyclic) bond motifs is 1. The molecule has 0 bridgehead atoms. The Bertz CT molecular complexity index is 778. The highest BCUT2D eigenvalue weighted by atomic mass is 16.5. The molecule has 29 heavy (non-hydrogen) atoms. The number of aryl methyl sites for hydroxylation is 1. The summed E-state index contributed by atoms with van der Waals surface area (Å²) in [6.45, 7) is 2.51. The second-order valence-electron chi connectivity index (χ2n) is 9.54. The lowest BCUT2D eigenvalue weighted by Gasteiger charge is -2.49. The zero-order chi connectivity index (χ0) is 19.8. The van der Waals surface area contributed by atoms with E-state index < -0.39 is 0 Å². The van der Waals surface area contributed by atoms with Crippen LogP contribution in [0.5, 0.6) is 5.75 Å². The van der Waals surface area contributed by atoms with Crippen LogP contribution in [0.25, 0.3) is 0 Å². The third kappa shape index (κ3) is 3.64. The molecule has 2 saturated heterocycles. The van der Waals surface area contributed by atoms with Gasteiger partial charge in [-0.15, -0.1) is 0 Å². The second kappa shape index (κ2) is 7.66. The van der Waals surface area contributed by atoms with Crippen LogP contribution in [0.1, 0.15) is 63.4 Å². The molecule has 0 unspecified atom stereocenters. The number of likely N-dealkylation sites (tertiary alicyclic amines) is 2. The molecule has 3 fully saturated rings. The monoisotopic (exact) mass is 396 g/mol. The van der Waals surface area contributed by atoms with Crippen molar-refractivity contribution in [1.82, 2.24) is 9.80 Å². The quantitative estimate of drug-likeness (QED) is 0.768. The summed E-state index contributed by atoms with van der Waals surface area (Å²) in [6, 6.07) is 8.52. The second-order valence-corrected chi connectivity index (χ2v) is 9.54. The van der Waals surface area contributed by atoms with Gasteiger partial charge >= 0.3 is 0 Å². The average molecular weight is 397 g/mol. The zero-order valence-corrected chi connectivity index (χ0v) is 17.3. The van der Waals surface area contributed by atoms with Gasteiger partial charge in [0.1, 0.15) is 5.75 Å². The van der Waals surface area contributed by atoms with E-state index in [4.69, 9.17) is 4.74 Å². The van der Waals surface area contributed by atoms with Crippen LogP contribution in [0.2, 0.25) is 0 Å². The summed E-state index contributed by atoms with van der Waals surface area (Å²) >= 11 is 0. The zero-order valence-electron chi connectivity index (χ0n) is 17.3. The molecule has 1 saturated carbocycles. The molecule has 3 aliphatic heterocycles. The minimum atomic E-state index is -0.345. The van der Waals surface area contributed by atoms with Crippen molar-refractivity contribution in [3.05, 3.63) is 29.8 Å². The molecule has 2 amide bonds. The summed E-state index contributed by atoms with van der Waals surface area (Å²) in [7, 11) is 0. The maximum atomic E-state index is 13.1. The topological polar surface area (TPSA) is 49.9 Å². The fraction of sp³-hybridized carbons (Fsp3) is 0.667. The first-order valence-corrected chi connectivity index (χ1v) is 11.5. The van der Waals surface area contributed by atoms with E-state index in [1.165, 1.54) is 31.2 Å². The number of carbonyl (C=O) groups excluding carboxylic acids is 2. The number of rotatable bonds is 2. The molecule has 1 atom stereocenters. The normalized spacial score (nSPS) is 27.0. The van der Waals surface area contributed by atoms with Crippen LogP contribution >= 0.6 is 0 Å². The molecule has 1 aromatic rings. The first kappa shape index (κ1) is 19.0. The molecule has 156 valence electrons. The number of hydrogen-bond donors (Lipinski definition) is 0. The summed E-state index contributed by atoms with van der Waals surface area (Å²) < 4.78 is 6.04. The van der Waals surface area contributed by atoms with Crippen molar-refractivity contribution in [2.75, 3.05) is 19.6 Å². The van der Waals surface area contributed by atoms with E-state index in [1.54, 1.807) is 0 Å². The third-order valence-corrected chi connectivity index (χ3v) is 7.79. The maximum absolute atomic E-state index is 13.1. The van der Waals surface area contributed by atoms with Gasteiger partial charge in [-0.25, -0.2) is 0 Å². The van der Waals surface area contributed by atoms with Crippen LogP contribution < -0.4 is 4.74 Å². The van der Waals surface area contributed by atoms with E-state index >= 15 is 0 Å². The number of hydrogen-bond acceptors (Lipinski definition) is 3. The lowest BCUT2D eigenvalue weighted by molar-refractivity contribution is -0.148. The van der Waals surface area contributed by atoms with Gasteiger partial charge in [0, 0.05) is 32.1 Å². The SMILES string of the molecule is O=C([C@H]1CCc2ccccc2O1)N1CCC2(CCC(=O)N(C3CCCC3)C2)CC1. The minimum Gasteiger partial charge on any atom is -0.480 e. The molecule has 0 N–H and O–H groups in total. The summed E-state index contributed by atoms with van der Waals surface area (Å²) in [6.07, 6.45) is 9.89. The summed E-state index contributed by atoms with van der Waals surface area (Å²) in [5.41, 5.74) is 1.42. The highest BCUT2D eigenvalue weighted by molar-refractivity contribution is 5.82. The fourth-order valence-corrected chi connectivity index (χ4v) is 5.90. The van der Waals surface area contributed by atoms with Gasteiger partial charge in [-0.05, 0) is 62.0 Å². The van der Waals surface area contributed by atoms with Gasteiger partial charge in [0.25, 0.3) is 5.91 Å². The van der Waals surface area contributed by atoms with Crippen LogP contribution in [-0.2, 0) is 16.0 Å². The van der Waals surface area contributed by atoms with Gasteiger partial charge in [0.2, 0.25) is 5.91 Å². The summed E-state index contributed by atoms with van der Waals surface area (Å²) in [4.78, 5) is 29.8. The molecule has 0 aromatic heterocycles. The number of ether oxygens (including phenoxy) is 1. The Morgan fingerprint density at radius 3 is 2.55 bits per heavy atom. The fourth-order valence-electron chi connectivity index (χ4n) is 5.90. The smallest absolute Gasteiger partial charge is 0.263 e. The Morgan fingerprint density at radius 1 is 1.00 bits per heavy atom. The standard InChI is InChI=1S/C24H32N2O3/c27-22-11-12-24(17-26(22)19-6-2-3-7-19)13-15-25(16-14-24)23(28)21-10-9-18-5-1-4-8-20(18)29-21/h1,4-5,8,19,21H,2-3,6-7,9-17H2/t21-/m1/s1. The van der Waals surface area contributed by atoms with Gasteiger partial charge in [-0.2, -0.15) is 0 Å². The van der Waals surface area contributed by atoms with Gasteiger partial charge in [-0.3, -0.25) is 9.59 Å². The van der Waals surface area contributed by atoms with Gasteiger partial charge in [0.05, 0.1) is 0 Å². The number of amides is 2. The largest absolute Gasteiger partial charge is 0.480 e. The highest BCUT2D eigenvalue weighted by Gasteiger charge is 2.44. The Labute approximate surface area is 173 Å². The lowest BCUT2D eigenvalue weighted by atomic mass is 9.72. The van der Waals surface area contributed by atoms with Crippen LogP contribution in [0.4, 0.5) is 0 Å². The predicted molar refractivity (Wildman–Crippen MR) is 111 cm³/mol. The third-order valence-electron chi connectivity index (χ3n) is 7.79. The average Bonchev–Trinajstić information content (AvgIpc) is 3.30. The van der Waals surface area contributed by atoms with Gasteiger partial charge in [-0.1, -0.05) is 31.0 Å². The minimum absolute atomic E-state index is 0.147. The number of carbonyl (C=O) groups is 2. The predicted octanol–water partition coefficient (Wildman–Crippen LogP) is 3.55. The van der Waals surface area contributed by atoms with Crippen LogP contribution in [0.15, 0.2) is 24.3 Å². The lowest BCUT2D eigenvalue weighted by Crippen LogP contribution is -2.55. The van der Waals surface area contributed by atoms with E-state index in [0.717, 1.165) is 57.5 Å². The Balaban J connectivity index is 1.20. The molecular weight excluding hydrogens is 364 g/mol. The van der Waals surface area contributed by atoms with Crippen molar-refractivity contribution < 1.29 is 14.3 Å². The molecule has 5 heteroatoms. The van der Waals surface area contributed by atoms with E-state index in [9.17, 15) is 9.59 Å².